The number of nitrogen functional groups attached to an aromatic ring is 1. The third-order valence-electron chi connectivity index (χ3n) is 2.68. The zero-order valence-corrected chi connectivity index (χ0v) is 11.5. The number of hydrogen-bond acceptors (Lipinski definition) is 5. The largest absolute Gasteiger partial charge is 0.478 e. The molecule has 2 aromatic rings. The number of hydrogen-bond donors (Lipinski definition) is 3. The van der Waals surface area contributed by atoms with Crippen LogP contribution >= 0.6 is 11.3 Å². The molecule has 0 aliphatic carbocycles. The Morgan fingerprint density at radius 1 is 1.53 bits per heavy atom. The summed E-state index contributed by atoms with van der Waals surface area (Å²) in [5.74, 6) is -1.03. The Balaban J connectivity index is 2.19. The van der Waals surface area contributed by atoms with Gasteiger partial charge in [-0.1, -0.05) is 0 Å². The smallest absolute Gasteiger partial charge is 0.337 e. The minimum absolute atomic E-state index is 0.0176. The van der Waals surface area contributed by atoms with E-state index in [0.29, 0.717) is 5.69 Å². The fraction of sp³-hybridized carbons (Fsp3) is 0.231. The van der Waals surface area contributed by atoms with Crippen LogP contribution in [0, 0.1) is 6.92 Å². The van der Waals surface area contributed by atoms with E-state index in [-0.39, 0.29) is 17.3 Å². The first-order valence-corrected chi connectivity index (χ1v) is 6.60. The van der Waals surface area contributed by atoms with Gasteiger partial charge in [0.1, 0.15) is 5.01 Å². The standard InChI is InChI=1S/C13H15N3O2S/c1-7-6-15-12(19-7)8(2)16-9-3-4-11(14)10(5-9)13(17)18/h3-6,8,16H,14H2,1-2H3,(H,17,18). The molecule has 0 amide bonds. The highest BCUT2D eigenvalue weighted by Crippen LogP contribution is 2.25. The molecule has 0 saturated carbocycles. The van der Waals surface area contributed by atoms with Gasteiger partial charge in [0.25, 0.3) is 0 Å². The van der Waals surface area contributed by atoms with Crippen molar-refractivity contribution in [2.24, 2.45) is 0 Å². The Morgan fingerprint density at radius 2 is 2.26 bits per heavy atom. The van der Waals surface area contributed by atoms with Gasteiger partial charge in [-0.25, -0.2) is 9.78 Å². The molecule has 0 bridgehead atoms. The predicted octanol–water partition coefficient (Wildman–Crippen LogP) is 2.91. The van der Waals surface area contributed by atoms with Gasteiger partial charge in [0.15, 0.2) is 0 Å². The average Bonchev–Trinajstić information content (AvgIpc) is 2.78. The lowest BCUT2D eigenvalue weighted by Crippen LogP contribution is -2.08. The first kappa shape index (κ1) is 13.4. The highest BCUT2D eigenvalue weighted by atomic mass is 32.1. The van der Waals surface area contributed by atoms with Crippen LogP contribution in [0.25, 0.3) is 0 Å². The molecule has 4 N–H and O–H groups in total. The Kier molecular flexibility index (Phi) is 3.71. The topological polar surface area (TPSA) is 88.2 Å². The Bertz CT molecular complexity index is 610. The second kappa shape index (κ2) is 5.27. The van der Waals surface area contributed by atoms with Gasteiger partial charge in [-0.3, -0.25) is 0 Å². The molecule has 5 nitrogen and oxygen atoms in total. The molecule has 0 aliphatic rings. The number of rotatable bonds is 4. The van der Waals surface area contributed by atoms with Crippen molar-refractivity contribution in [2.75, 3.05) is 11.1 Å². The van der Waals surface area contributed by atoms with E-state index < -0.39 is 5.97 Å². The number of anilines is 2. The van der Waals surface area contributed by atoms with Crippen molar-refractivity contribution < 1.29 is 9.90 Å². The average molecular weight is 277 g/mol. The van der Waals surface area contributed by atoms with E-state index in [2.05, 4.69) is 10.3 Å². The van der Waals surface area contributed by atoms with Gasteiger partial charge < -0.3 is 16.2 Å². The molecule has 6 heteroatoms. The molecular weight excluding hydrogens is 262 g/mol. The number of carboxylic acids is 1. The normalized spacial score (nSPS) is 12.1. The minimum Gasteiger partial charge on any atom is -0.478 e. The van der Waals surface area contributed by atoms with Crippen LogP contribution in [0.5, 0.6) is 0 Å². The van der Waals surface area contributed by atoms with E-state index in [1.165, 1.54) is 6.07 Å². The molecule has 2 rings (SSSR count). The van der Waals surface area contributed by atoms with Crippen molar-refractivity contribution in [3.63, 3.8) is 0 Å². The molecule has 19 heavy (non-hydrogen) atoms. The lowest BCUT2D eigenvalue weighted by Gasteiger charge is -2.13. The van der Waals surface area contributed by atoms with Crippen LogP contribution < -0.4 is 11.1 Å². The SMILES string of the molecule is Cc1cnc(C(C)Nc2ccc(N)c(C(=O)O)c2)s1. The molecule has 0 aliphatic heterocycles. The lowest BCUT2D eigenvalue weighted by atomic mass is 10.1. The van der Waals surface area contributed by atoms with E-state index in [1.54, 1.807) is 23.5 Å². The number of nitrogens with one attached hydrogen (secondary N) is 1. The maximum absolute atomic E-state index is 11.0. The monoisotopic (exact) mass is 277 g/mol. The molecule has 1 aromatic heterocycles. The number of thiazole rings is 1. The Morgan fingerprint density at radius 3 is 2.84 bits per heavy atom. The van der Waals surface area contributed by atoms with Crippen LogP contribution in [-0.2, 0) is 0 Å². The minimum atomic E-state index is -1.03. The summed E-state index contributed by atoms with van der Waals surface area (Å²) in [7, 11) is 0. The van der Waals surface area contributed by atoms with Crippen molar-refractivity contribution in [3.05, 3.63) is 39.8 Å². The third-order valence-corrected chi connectivity index (χ3v) is 3.77. The summed E-state index contributed by atoms with van der Waals surface area (Å²) in [5, 5.41) is 13.2. The molecule has 0 saturated heterocycles. The van der Waals surface area contributed by atoms with E-state index in [0.717, 1.165) is 9.88 Å². The molecule has 100 valence electrons. The van der Waals surface area contributed by atoms with Crippen LogP contribution in [0.1, 0.15) is 33.2 Å². The quantitative estimate of drug-likeness (QED) is 0.748. The van der Waals surface area contributed by atoms with Gasteiger partial charge in [0, 0.05) is 22.4 Å². The van der Waals surface area contributed by atoms with Crippen LogP contribution in [0.4, 0.5) is 11.4 Å². The third kappa shape index (κ3) is 3.03. The Hall–Kier alpha value is -2.08. The molecule has 1 aromatic carbocycles. The fourth-order valence-electron chi connectivity index (χ4n) is 1.72. The predicted molar refractivity (Wildman–Crippen MR) is 76.7 cm³/mol. The number of aromatic nitrogens is 1. The number of nitrogens with zero attached hydrogens (tertiary/aromatic N) is 1. The molecule has 1 heterocycles. The van der Waals surface area contributed by atoms with Gasteiger partial charge >= 0.3 is 5.97 Å². The zero-order chi connectivity index (χ0) is 14.0. The van der Waals surface area contributed by atoms with Crippen LogP contribution in [0.15, 0.2) is 24.4 Å². The molecule has 1 unspecified atom stereocenters. The van der Waals surface area contributed by atoms with Crippen molar-refractivity contribution >= 4 is 28.7 Å². The number of carboxylic acid groups (broad SMARTS) is 1. The van der Waals surface area contributed by atoms with Gasteiger partial charge in [0.05, 0.1) is 11.6 Å². The van der Waals surface area contributed by atoms with Gasteiger partial charge in [-0.05, 0) is 32.0 Å². The van der Waals surface area contributed by atoms with E-state index >= 15 is 0 Å². The number of carbonyl (C=O) groups is 1. The first-order chi connectivity index (χ1) is 8.97. The summed E-state index contributed by atoms with van der Waals surface area (Å²) in [6, 6.07) is 4.91. The number of aryl methyl sites for hydroxylation is 1. The van der Waals surface area contributed by atoms with E-state index in [9.17, 15) is 4.79 Å². The summed E-state index contributed by atoms with van der Waals surface area (Å²) in [4.78, 5) is 16.5. The molecule has 0 spiro atoms. The first-order valence-electron chi connectivity index (χ1n) is 5.79. The second-order valence-corrected chi connectivity index (χ2v) is 5.55. The van der Waals surface area contributed by atoms with Crippen molar-refractivity contribution in [1.29, 1.82) is 0 Å². The fourth-order valence-corrected chi connectivity index (χ4v) is 2.49. The van der Waals surface area contributed by atoms with Crippen LogP contribution in [0.3, 0.4) is 0 Å². The van der Waals surface area contributed by atoms with Crippen molar-refractivity contribution in [3.8, 4) is 0 Å². The van der Waals surface area contributed by atoms with Crippen LogP contribution in [0.2, 0.25) is 0 Å². The highest BCUT2D eigenvalue weighted by molar-refractivity contribution is 7.11. The van der Waals surface area contributed by atoms with Crippen LogP contribution in [-0.4, -0.2) is 16.1 Å². The van der Waals surface area contributed by atoms with Crippen molar-refractivity contribution in [1.82, 2.24) is 4.98 Å². The van der Waals surface area contributed by atoms with Gasteiger partial charge in [-0.15, -0.1) is 11.3 Å². The summed E-state index contributed by atoms with van der Waals surface area (Å²) in [5.41, 5.74) is 6.70. The highest BCUT2D eigenvalue weighted by Gasteiger charge is 2.12. The van der Waals surface area contributed by atoms with Gasteiger partial charge in [-0.2, -0.15) is 0 Å². The number of aromatic carboxylic acids is 1. The van der Waals surface area contributed by atoms with E-state index in [1.807, 2.05) is 20.0 Å². The molecule has 1 atom stereocenters. The lowest BCUT2D eigenvalue weighted by molar-refractivity contribution is 0.0698. The number of benzene rings is 1. The summed E-state index contributed by atoms with van der Waals surface area (Å²) in [6.45, 7) is 3.98. The maximum atomic E-state index is 11.0. The summed E-state index contributed by atoms with van der Waals surface area (Å²) >= 11 is 1.61. The summed E-state index contributed by atoms with van der Waals surface area (Å²) < 4.78 is 0. The van der Waals surface area contributed by atoms with Crippen molar-refractivity contribution in [2.45, 2.75) is 19.9 Å². The second-order valence-electron chi connectivity index (χ2n) is 4.28. The molecule has 0 fully saturated rings. The molecule has 0 radical (unpaired) electrons. The Labute approximate surface area is 115 Å². The van der Waals surface area contributed by atoms with Gasteiger partial charge in [0.2, 0.25) is 0 Å². The summed E-state index contributed by atoms with van der Waals surface area (Å²) in [6.07, 6.45) is 1.82. The zero-order valence-electron chi connectivity index (χ0n) is 10.7. The van der Waals surface area contributed by atoms with E-state index in [4.69, 9.17) is 10.8 Å². The molecular formula is C13H15N3O2S. The maximum Gasteiger partial charge on any atom is 0.337 e. The number of nitrogens with two attached hydrogens (primary N) is 1.